The molecule has 0 aromatic rings. The van der Waals surface area contributed by atoms with Gasteiger partial charge in [-0.25, -0.2) is 0 Å². The fourth-order valence-corrected chi connectivity index (χ4v) is 6.30. The van der Waals surface area contributed by atoms with Crippen LogP contribution in [0, 0.1) is 0 Å². The number of carbonyl (C=O) groups is 2. The van der Waals surface area contributed by atoms with Crippen LogP contribution >= 0.6 is 0 Å². The zero-order valence-corrected chi connectivity index (χ0v) is 29.1. The van der Waals surface area contributed by atoms with Gasteiger partial charge in [-0.3, -0.25) is 9.59 Å². The number of hydrogen-bond acceptors (Lipinski definition) is 4. The maximum Gasteiger partial charge on any atom is 0.217 e. The Kier molecular flexibility index (Phi) is 33.8. The predicted octanol–water partition coefficient (Wildman–Crippen LogP) is 9.94. The summed E-state index contributed by atoms with van der Waals surface area (Å²) in [5.74, 6) is -0.364. The lowest BCUT2D eigenvalue weighted by atomic mass is 10.0. The van der Waals surface area contributed by atoms with Crippen molar-refractivity contribution < 1.29 is 19.8 Å². The number of hydrogen-bond donors (Lipinski definition) is 4. The Balaban J connectivity index is 3.23. The highest BCUT2D eigenvalue weighted by molar-refractivity contribution is 5.73. The topological polar surface area (TPSA) is 127 Å². The largest absolute Gasteiger partial charge is 0.393 e. The predicted molar refractivity (Wildman–Crippen MR) is 187 cm³/mol. The van der Waals surface area contributed by atoms with Gasteiger partial charge in [0, 0.05) is 12.8 Å². The fraction of sp³-hybridized carbons (Fsp3) is 0.947. The van der Waals surface area contributed by atoms with Crippen molar-refractivity contribution in [2.24, 2.45) is 11.5 Å². The number of nitrogens with two attached hydrogens (primary N) is 2. The van der Waals surface area contributed by atoms with Crippen molar-refractivity contribution in [3.63, 3.8) is 0 Å². The molecule has 0 spiro atoms. The van der Waals surface area contributed by atoms with E-state index in [1.165, 1.54) is 141 Å². The molecule has 262 valence electrons. The number of primary amides is 2. The zero-order valence-electron chi connectivity index (χ0n) is 29.1. The number of carbonyl (C=O) groups excluding carboxylic acids is 2. The Morgan fingerprint density at radius 1 is 0.318 bits per heavy atom. The van der Waals surface area contributed by atoms with Crippen molar-refractivity contribution in [1.29, 1.82) is 0 Å². The van der Waals surface area contributed by atoms with E-state index >= 15 is 0 Å². The first-order valence-corrected chi connectivity index (χ1v) is 19.3. The van der Waals surface area contributed by atoms with Gasteiger partial charge in [-0.1, -0.05) is 167 Å². The van der Waals surface area contributed by atoms with Crippen LogP contribution in [0.25, 0.3) is 0 Å². The average molecular weight is 625 g/mol. The minimum absolute atomic E-state index is 0.106. The first-order chi connectivity index (χ1) is 21.4. The van der Waals surface area contributed by atoms with Crippen molar-refractivity contribution in [3.05, 3.63) is 0 Å². The van der Waals surface area contributed by atoms with E-state index in [4.69, 9.17) is 11.5 Å². The van der Waals surface area contributed by atoms with Crippen LogP contribution in [0.4, 0.5) is 0 Å². The molecule has 0 aliphatic heterocycles. The second kappa shape index (κ2) is 34.7. The van der Waals surface area contributed by atoms with Crippen LogP contribution in [0.15, 0.2) is 0 Å². The number of aliphatic hydroxyl groups is 2. The van der Waals surface area contributed by atoms with Gasteiger partial charge < -0.3 is 21.7 Å². The van der Waals surface area contributed by atoms with Crippen molar-refractivity contribution in [1.82, 2.24) is 0 Å². The van der Waals surface area contributed by atoms with E-state index in [0.29, 0.717) is 12.8 Å². The minimum Gasteiger partial charge on any atom is -0.393 e. The van der Waals surface area contributed by atoms with Gasteiger partial charge in [0.2, 0.25) is 11.8 Å². The average Bonchev–Trinajstić information content (AvgIpc) is 2.98. The van der Waals surface area contributed by atoms with E-state index in [2.05, 4.69) is 0 Å². The van der Waals surface area contributed by atoms with Crippen molar-refractivity contribution >= 4 is 11.8 Å². The lowest BCUT2D eigenvalue weighted by Crippen LogP contribution is -2.09. The molecule has 0 aromatic carbocycles. The highest BCUT2D eigenvalue weighted by Gasteiger charge is 2.05. The smallest absolute Gasteiger partial charge is 0.217 e. The van der Waals surface area contributed by atoms with E-state index < -0.39 is 0 Å². The molecule has 2 unspecified atom stereocenters. The van der Waals surface area contributed by atoms with Crippen LogP contribution in [0.1, 0.15) is 218 Å². The van der Waals surface area contributed by atoms with Crippen LogP contribution in [0.2, 0.25) is 0 Å². The Labute approximate surface area is 273 Å². The lowest BCUT2D eigenvalue weighted by molar-refractivity contribution is -0.119. The van der Waals surface area contributed by atoms with E-state index in [1.807, 2.05) is 0 Å². The van der Waals surface area contributed by atoms with E-state index in [-0.39, 0.29) is 24.0 Å². The van der Waals surface area contributed by atoms with Gasteiger partial charge in [0.1, 0.15) is 0 Å². The van der Waals surface area contributed by atoms with E-state index in [1.54, 1.807) is 0 Å². The Bertz CT molecular complexity index is 564. The summed E-state index contributed by atoms with van der Waals surface area (Å²) in [4.78, 5) is 21.4. The molecule has 0 aliphatic carbocycles. The molecule has 0 rings (SSSR count). The summed E-state index contributed by atoms with van der Waals surface area (Å²) in [6.45, 7) is 0. The summed E-state index contributed by atoms with van der Waals surface area (Å²) >= 11 is 0. The molecule has 6 heteroatoms. The maximum atomic E-state index is 10.7. The van der Waals surface area contributed by atoms with Crippen molar-refractivity contribution in [2.75, 3.05) is 0 Å². The molecule has 0 radical (unpaired) electrons. The van der Waals surface area contributed by atoms with Gasteiger partial charge in [0.25, 0.3) is 0 Å². The molecule has 0 saturated carbocycles. The third kappa shape index (κ3) is 37.0. The Morgan fingerprint density at radius 2 is 0.477 bits per heavy atom. The Hall–Kier alpha value is -1.14. The molecule has 2 amide bonds. The number of rotatable bonds is 37. The fourth-order valence-electron chi connectivity index (χ4n) is 6.30. The molecule has 0 saturated heterocycles. The third-order valence-corrected chi connectivity index (χ3v) is 9.25. The van der Waals surface area contributed by atoms with Crippen LogP contribution in [0.5, 0.6) is 0 Å². The summed E-state index contributed by atoms with van der Waals surface area (Å²) in [7, 11) is 0. The molecular formula is C38H76N2O4. The number of amides is 2. The second-order valence-corrected chi connectivity index (χ2v) is 13.8. The van der Waals surface area contributed by atoms with Gasteiger partial charge in [0.15, 0.2) is 0 Å². The van der Waals surface area contributed by atoms with Crippen molar-refractivity contribution in [2.45, 2.75) is 231 Å². The quantitative estimate of drug-likeness (QED) is 0.0513. The Morgan fingerprint density at radius 3 is 0.659 bits per heavy atom. The number of unbranched alkanes of at least 4 members (excludes halogenated alkanes) is 25. The molecule has 0 fully saturated rings. The highest BCUT2D eigenvalue weighted by atomic mass is 16.3. The summed E-state index contributed by atoms with van der Waals surface area (Å²) in [5, 5.41) is 20.5. The molecule has 2 atom stereocenters. The molecule has 0 heterocycles. The standard InChI is InChI=1S/C38H76N2O4/c39-37(43)33-27-21-15-9-7-13-19-25-31-35(41)29-23-17-11-5-3-1-2-4-6-12-18-24-30-36(42)32-26-20-14-8-10-16-22-28-34-38(40)44/h35-36,41-42H,1-34H2,(H2,39,43)(H2,40,44). The second-order valence-electron chi connectivity index (χ2n) is 13.8. The molecular weight excluding hydrogens is 548 g/mol. The van der Waals surface area contributed by atoms with E-state index in [0.717, 1.165) is 64.2 Å². The van der Waals surface area contributed by atoms with Crippen LogP contribution < -0.4 is 11.5 Å². The summed E-state index contributed by atoms with van der Waals surface area (Å²) in [6.07, 6.45) is 39.2. The molecule has 0 bridgehead atoms. The third-order valence-electron chi connectivity index (χ3n) is 9.25. The SMILES string of the molecule is NC(=O)CCCCCCCCCCC(O)CCCCCCCCCCCCCCC(O)CCCCCCCCCCC(N)=O. The monoisotopic (exact) mass is 625 g/mol. The summed E-state index contributed by atoms with van der Waals surface area (Å²) in [6, 6.07) is 0. The van der Waals surface area contributed by atoms with Crippen LogP contribution in [-0.2, 0) is 9.59 Å². The first kappa shape index (κ1) is 42.9. The van der Waals surface area contributed by atoms with E-state index in [9.17, 15) is 19.8 Å². The minimum atomic E-state index is -0.182. The van der Waals surface area contributed by atoms with Gasteiger partial charge >= 0.3 is 0 Å². The van der Waals surface area contributed by atoms with Gasteiger partial charge in [0.05, 0.1) is 12.2 Å². The van der Waals surface area contributed by atoms with Crippen molar-refractivity contribution in [3.8, 4) is 0 Å². The van der Waals surface area contributed by atoms with Crippen LogP contribution in [-0.4, -0.2) is 34.2 Å². The summed E-state index contributed by atoms with van der Waals surface area (Å²) < 4.78 is 0. The zero-order chi connectivity index (χ0) is 32.4. The molecule has 0 aliphatic rings. The molecule has 6 nitrogen and oxygen atoms in total. The maximum absolute atomic E-state index is 10.7. The number of aliphatic hydroxyl groups excluding tert-OH is 2. The van der Waals surface area contributed by atoms with Gasteiger partial charge in [-0.15, -0.1) is 0 Å². The molecule has 44 heavy (non-hydrogen) atoms. The molecule has 0 aromatic heterocycles. The van der Waals surface area contributed by atoms with Crippen LogP contribution in [0.3, 0.4) is 0 Å². The van der Waals surface area contributed by atoms with Gasteiger partial charge in [-0.2, -0.15) is 0 Å². The first-order valence-electron chi connectivity index (χ1n) is 19.3. The lowest BCUT2D eigenvalue weighted by Gasteiger charge is -2.10. The molecule has 6 N–H and O–H groups in total. The summed E-state index contributed by atoms with van der Waals surface area (Å²) in [5.41, 5.74) is 10.3. The highest BCUT2D eigenvalue weighted by Crippen LogP contribution is 2.17. The normalized spacial score (nSPS) is 12.9. The van der Waals surface area contributed by atoms with Gasteiger partial charge in [-0.05, 0) is 38.5 Å².